The lowest BCUT2D eigenvalue weighted by Crippen LogP contribution is -2.33. The third-order valence-corrected chi connectivity index (χ3v) is 3.99. The minimum atomic E-state index is -0.806. The molecule has 0 spiro atoms. The highest BCUT2D eigenvalue weighted by Gasteiger charge is 2.10. The first-order valence-electron chi connectivity index (χ1n) is 5.85. The molecule has 8 heteroatoms. The number of hydrogen-bond donors (Lipinski definition) is 2. The zero-order valence-corrected chi connectivity index (χ0v) is 12.3. The summed E-state index contributed by atoms with van der Waals surface area (Å²) in [6, 6.07) is 5.43. The number of nitrogens with one attached hydrogen (secondary N) is 1. The molecule has 0 amide bonds. The Kier molecular flexibility index (Phi) is 4.64. The molecule has 2 rings (SSSR count). The number of aromatic amines is 1. The molecule has 0 aliphatic carbocycles. The number of rotatable bonds is 4. The van der Waals surface area contributed by atoms with Crippen LogP contribution in [0.15, 0.2) is 37.8 Å². The van der Waals surface area contributed by atoms with Crippen LogP contribution in [-0.2, 0) is 13.5 Å². The number of halogens is 1. The maximum atomic E-state index is 11.3. The van der Waals surface area contributed by atoms with E-state index in [0.717, 1.165) is 10.5 Å². The lowest BCUT2D eigenvalue weighted by molar-refractivity contribution is 0.596. The van der Waals surface area contributed by atoms with E-state index >= 15 is 0 Å². The van der Waals surface area contributed by atoms with Crippen molar-refractivity contribution >= 4 is 23.4 Å². The normalized spacial score (nSPS) is 10.8. The van der Waals surface area contributed by atoms with Crippen molar-refractivity contribution in [1.29, 1.82) is 0 Å². The molecule has 1 aromatic heterocycles. The molecule has 1 aromatic carbocycles. The van der Waals surface area contributed by atoms with Gasteiger partial charge in [0.2, 0.25) is 0 Å². The molecule has 6 nitrogen and oxygen atoms in total. The van der Waals surface area contributed by atoms with Gasteiger partial charge in [-0.2, -0.15) is 4.98 Å². The quantitative estimate of drug-likeness (QED) is 0.814. The number of hydrogen-bond acceptors (Lipinski definition) is 5. The first kappa shape index (κ1) is 14.8. The van der Waals surface area contributed by atoms with Gasteiger partial charge in [0.1, 0.15) is 0 Å². The maximum Gasteiger partial charge on any atom is 0.339 e. The summed E-state index contributed by atoms with van der Waals surface area (Å²) >= 11 is 7.24. The monoisotopic (exact) mass is 312 g/mol. The van der Waals surface area contributed by atoms with E-state index in [1.165, 1.54) is 16.4 Å². The Morgan fingerprint density at radius 2 is 2.20 bits per heavy atom. The van der Waals surface area contributed by atoms with E-state index in [0.29, 0.717) is 23.1 Å². The Morgan fingerprint density at radius 1 is 1.45 bits per heavy atom. The fourth-order valence-corrected chi connectivity index (χ4v) is 2.78. The molecular weight excluding hydrogens is 300 g/mol. The molecule has 0 atom stereocenters. The minimum absolute atomic E-state index is 0.398. The number of aromatic nitrogens is 3. The molecule has 3 N–H and O–H groups in total. The van der Waals surface area contributed by atoms with Gasteiger partial charge in [0.25, 0.3) is 0 Å². The van der Waals surface area contributed by atoms with Crippen LogP contribution < -0.4 is 16.9 Å². The van der Waals surface area contributed by atoms with Crippen molar-refractivity contribution in [2.24, 2.45) is 12.8 Å². The standard InChI is InChI=1S/C12H13ClN4O2S/c1-17-12(15-10(18)11(19)16-17)20-9-3-2-8(13)6-7(9)4-5-14/h2-3,6H,4-5,14H2,1H3,(H,16,19). The molecule has 20 heavy (non-hydrogen) atoms. The van der Waals surface area contributed by atoms with Crippen molar-refractivity contribution in [1.82, 2.24) is 14.8 Å². The summed E-state index contributed by atoms with van der Waals surface area (Å²) < 4.78 is 1.41. The fourth-order valence-electron chi connectivity index (χ4n) is 1.65. The van der Waals surface area contributed by atoms with Crippen molar-refractivity contribution in [2.75, 3.05) is 6.54 Å². The van der Waals surface area contributed by atoms with Crippen LogP contribution >= 0.6 is 23.4 Å². The third-order valence-electron chi connectivity index (χ3n) is 2.59. The highest BCUT2D eigenvalue weighted by atomic mass is 35.5. The summed E-state index contributed by atoms with van der Waals surface area (Å²) in [5.74, 6) is 0. The first-order valence-corrected chi connectivity index (χ1v) is 7.04. The summed E-state index contributed by atoms with van der Waals surface area (Å²) in [4.78, 5) is 27.1. The van der Waals surface area contributed by atoms with E-state index in [1.807, 2.05) is 12.1 Å². The molecule has 0 aliphatic rings. The fraction of sp³-hybridized carbons (Fsp3) is 0.250. The van der Waals surface area contributed by atoms with E-state index in [1.54, 1.807) is 13.1 Å². The Balaban J connectivity index is 2.42. The molecule has 0 bridgehead atoms. The van der Waals surface area contributed by atoms with Crippen molar-refractivity contribution in [3.63, 3.8) is 0 Å². The Morgan fingerprint density at radius 3 is 2.90 bits per heavy atom. The van der Waals surface area contributed by atoms with Gasteiger partial charge in [0, 0.05) is 17.0 Å². The van der Waals surface area contributed by atoms with Crippen LogP contribution in [0.25, 0.3) is 0 Å². The third kappa shape index (κ3) is 3.30. The van der Waals surface area contributed by atoms with Crippen LogP contribution in [0.4, 0.5) is 0 Å². The van der Waals surface area contributed by atoms with Gasteiger partial charge < -0.3 is 5.73 Å². The Bertz CT molecular complexity index is 741. The van der Waals surface area contributed by atoms with Gasteiger partial charge in [0.15, 0.2) is 5.16 Å². The van der Waals surface area contributed by atoms with Crippen LogP contribution in [0.5, 0.6) is 0 Å². The van der Waals surface area contributed by atoms with Gasteiger partial charge in [-0.3, -0.25) is 19.4 Å². The van der Waals surface area contributed by atoms with Gasteiger partial charge >= 0.3 is 11.1 Å². The van der Waals surface area contributed by atoms with Gasteiger partial charge in [-0.1, -0.05) is 11.6 Å². The van der Waals surface area contributed by atoms with Crippen LogP contribution in [0.2, 0.25) is 5.02 Å². The van der Waals surface area contributed by atoms with Crippen LogP contribution in [-0.4, -0.2) is 21.3 Å². The van der Waals surface area contributed by atoms with Gasteiger partial charge in [-0.05, 0) is 48.5 Å². The molecule has 2 aromatic rings. The number of benzene rings is 1. The SMILES string of the molecule is Cn1[nH]c(=O)c(=O)nc1Sc1ccc(Cl)cc1CCN. The van der Waals surface area contributed by atoms with Crippen molar-refractivity contribution < 1.29 is 0 Å². The smallest absolute Gasteiger partial charge is 0.330 e. The van der Waals surface area contributed by atoms with Gasteiger partial charge in [0.05, 0.1) is 0 Å². The van der Waals surface area contributed by atoms with Gasteiger partial charge in [-0.25, -0.2) is 0 Å². The molecule has 0 saturated heterocycles. The molecule has 106 valence electrons. The molecule has 0 fully saturated rings. The summed E-state index contributed by atoms with van der Waals surface area (Å²) in [7, 11) is 1.62. The maximum absolute atomic E-state index is 11.3. The number of H-pyrrole nitrogens is 1. The Labute approximate surface area is 124 Å². The zero-order chi connectivity index (χ0) is 14.7. The van der Waals surface area contributed by atoms with E-state index in [9.17, 15) is 9.59 Å². The molecule has 0 saturated carbocycles. The predicted molar refractivity (Wildman–Crippen MR) is 78.4 cm³/mol. The lowest BCUT2D eigenvalue weighted by atomic mass is 10.1. The number of nitrogens with two attached hydrogens (primary N) is 1. The Hall–Kier alpha value is -1.57. The highest BCUT2D eigenvalue weighted by Crippen LogP contribution is 2.30. The average Bonchev–Trinajstić information content (AvgIpc) is 2.39. The first-order chi connectivity index (χ1) is 9.51. The van der Waals surface area contributed by atoms with E-state index < -0.39 is 11.1 Å². The largest absolute Gasteiger partial charge is 0.339 e. The second-order valence-corrected chi connectivity index (χ2v) is 5.54. The molecule has 0 aliphatic heterocycles. The predicted octanol–water partition coefficient (Wildman–Crippen LogP) is 0.774. The number of nitrogens with zero attached hydrogens (tertiary/aromatic N) is 2. The van der Waals surface area contributed by atoms with Crippen LogP contribution in [0.3, 0.4) is 0 Å². The molecule has 1 heterocycles. The summed E-state index contributed by atoms with van der Waals surface area (Å²) in [5.41, 5.74) is 5.01. The molecule has 0 unspecified atom stereocenters. The summed E-state index contributed by atoms with van der Waals surface area (Å²) in [6.45, 7) is 0.492. The summed E-state index contributed by atoms with van der Waals surface area (Å²) in [5, 5.41) is 3.43. The second kappa shape index (κ2) is 6.25. The van der Waals surface area contributed by atoms with Crippen molar-refractivity contribution in [3.05, 3.63) is 49.5 Å². The topological polar surface area (TPSA) is 93.8 Å². The van der Waals surface area contributed by atoms with Crippen LogP contribution in [0, 0.1) is 0 Å². The second-order valence-electron chi connectivity index (χ2n) is 4.09. The minimum Gasteiger partial charge on any atom is -0.330 e. The lowest BCUT2D eigenvalue weighted by Gasteiger charge is -2.10. The number of aryl methyl sites for hydroxylation is 1. The van der Waals surface area contributed by atoms with Crippen LogP contribution in [0.1, 0.15) is 5.56 Å². The van der Waals surface area contributed by atoms with Gasteiger partial charge in [-0.15, -0.1) is 0 Å². The summed E-state index contributed by atoms with van der Waals surface area (Å²) in [6.07, 6.45) is 0.667. The van der Waals surface area contributed by atoms with E-state index in [-0.39, 0.29) is 0 Å². The zero-order valence-electron chi connectivity index (χ0n) is 10.7. The molecule has 0 radical (unpaired) electrons. The van der Waals surface area contributed by atoms with Crippen molar-refractivity contribution in [2.45, 2.75) is 16.5 Å². The van der Waals surface area contributed by atoms with E-state index in [4.69, 9.17) is 17.3 Å². The van der Waals surface area contributed by atoms with Crippen molar-refractivity contribution in [3.8, 4) is 0 Å². The highest BCUT2D eigenvalue weighted by molar-refractivity contribution is 7.99. The average molecular weight is 313 g/mol. The van der Waals surface area contributed by atoms with E-state index in [2.05, 4.69) is 10.1 Å². The molecular formula is C12H13ClN4O2S.